The third-order valence-corrected chi connectivity index (χ3v) is 4.55. The van der Waals surface area contributed by atoms with Gasteiger partial charge in [-0.3, -0.25) is 9.59 Å². The molecular weight excluding hydrogens is 427 g/mol. The Hall–Kier alpha value is -3.64. The summed E-state index contributed by atoms with van der Waals surface area (Å²) in [4.78, 5) is 33.6. The van der Waals surface area contributed by atoms with E-state index in [2.05, 4.69) is 20.4 Å². The van der Waals surface area contributed by atoms with Crippen LogP contribution in [0.2, 0.25) is 0 Å². The Morgan fingerprint density at radius 3 is 2.52 bits per heavy atom. The van der Waals surface area contributed by atoms with E-state index in [1.165, 1.54) is 18.6 Å². The molecule has 0 spiro atoms. The standard InChI is InChI=1S/C18H13F5N6O2/c19-17(20)7-28(8-17)15-12-5-10(18(21,22)23)1-2-11(12)16(31)29(27-15)6-14(30)26-13-3-4-24-9-25-13/h1-5,9H,6-8H2,(H,24,25,26,30). The summed E-state index contributed by atoms with van der Waals surface area (Å²) >= 11 is 0. The van der Waals surface area contributed by atoms with Crippen molar-refractivity contribution in [1.29, 1.82) is 0 Å². The fourth-order valence-corrected chi connectivity index (χ4v) is 3.13. The number of alkyl halides is 5. The predicted octanol–water partition coefficient (Wildman–Crippen LogP) is 2.30. The number of aromatic nitrogens is 4. The van der Waals surface area contributed by atoms with E-state index in [0.29, 0.717) is 12.1 Å². The first-order valence-electron chi connectivity index (χ1n) is 8.84. The summed E-state index contributed by atoms with van der Waals surface area (Å²) in [5.41, 5.74) is -1.88. The van der Waals surface area contributed by atoms with Crippen LogP contribution in [-0.4, -0.2) is 44.7 Å². The molecule has 0 bridgehead atoms. The Bertz CT molecular complexity index is 1200. The molecule has 0 saturated carbocycles. The van der Waals surface area contributed by atoms with E-state index in [4.69, 9.17) is 0 Å². The number of carbonyl (C=O) groups is 1. The van der Waals surface area contributed by atoms with Crippen LogP contribution in [0, 0.1) is 0 Å². The van der Waals surface area contributed by atoms with Gasteiger partial charge in [0, 0.05) is 11.6 Å². The topological polar surface area (TPSA) is 93.0 Å². The second-order valence-corrected chi connectivity index (χ2v) is 6.90. The van der Waals surface area contributed by atoms with E-state index in [-0.39, 0.29) is 22.4 Å². The van der Waals surface area contributed by atoms with Gasteiger partial charge in [-0.2, -0.15) is 18.3 Å². The normalized spacial score (nSPS) is 15.6. The number of carbonyl (C=O) groups excluding carboxylic acids is 1. The Kier molecular flexibility index (Phi) is 4.82. The van der Waals surface area contributed by atoms with E-state index >= 15 is 0 Å². The molecule has 3 aromatic rings. The maximum absolute atomic E-state index is 13.4. The van der Waals surface area contributed by atoms with Gasteiger partial charge in [0.05, 0.1) is 24.0 Å². The number of nitrogens with zero attached hydrogens (tertiary/aromatic N) is 5. The van der Waals surface area contributed by atoms with Crippen molar-refractivity contribution in [2.75, 3.05) is 23.3 Å². The Morgan fingerprint density at radius 2 is 1.90 bits per heavy atom. The zero-order chi connectivity index (χ0) is 22.4. The molecule has 13 heteroatoms. The quantitative estimate of drug-likeness (QED) is 0.626. The van der Waals surface area contributed by atoms with Crippen molar-refractivity contribution in [2.24, 2.45) is 0 Å². The second kappa shape index (κ2) is 7.25. The van der Waals surface area contributed by atoms with Crippen molar-refractivity contribution in [3.05, 3.63) is 52.7 Å². The third kappa shape index (κ3) is 4.15. The predicted molar refractivity (Wildman–Crippen MR) is 98.8 cm³/mol. The molecule has 31 heavy (non-hydrogen) atoms. The summed E-state index contributed by atoms with van der Waals surface area (Å²) in [6.07, 6.45) is -2.13. The average molecular weight is 440 g/mol. The maximum Gasteiger partial charge on any atom is 0.416 e. The van der Waals surface area contributed by atoms with Crippen LogP contribution in [0.25, 0.3) is 10.8 Å². The lowest BCUT2D eigenvalue weighted by Gasteiger charge is -2.40. The van der Waals surface area contributed by atoms with E-state index in [0.717, 1.165) is 15.6 Å². The van der Waals surface area contributed by atoms with Crippen molar-refractivity contribution in [3.8, 4) is 0 Å². The number of halogens is 5. The number of nitrogens with one attached hydrogen (secondary N) is 1. The minimum atomic E-state index is -4.70. The van der Waals surface area contributed by atoms with Gasteiger partial charge in [0.25, 0.3) is 11.5 Å². The molecule has 0 radical (unpaired) electrons. The van der Waals surface area contributed by atoms with Crippen molar-refractivity contribution in [2.45, 2.75) is 18.6 Å². The number of hydrogen-bond donors (Lipinski definition) is 1. The van der Waals surface area contributed by atoms with Crippen molar-refractivity contribution in [3.63, 3.8) is 0 Å². The zero-order valence-electron chi connectivity index (χ0n) is 15.5. The van der Waals surface area contributed by atoms with Crippen molar-refractivity contribution >= 4 is 28.3 Å². The molecule has 4 rings (SSSR count). The van der Waals surface area contributed by atoms with Crippen LogP contribution in [0.1, 0.15) is 5.56 Å². The van der Waals surface area contributed by atoms with E-state index in [9.17, 15) is 31.5 Å². The van der Waals surface area contributed by atoms with Crippen LogP contribution in [0.15, 0.2) is 41.6 Å². The van der Waals surface area contributed by atoms with Gasteiger partial charge in [0.1, 0.15) is 18.7 Å². The first-order valence-corrected chi connectivity index (χ1v) is 8.84. The molecule has 0 atom stereocenters. The van der Waals surface area contributed by atoms with Crippen LogP contribution < -0.4 is 15.8 Å². The highest BCUT2D eigenvalue weighted by Gasteiger charge is 2.45. The van der Waals surface area contributed by atoms with Gasteiger partial charge in [0.15, 0.2) is 5.82 Å². The zero-order valence-corrected chi connectivity index (χ0v) is 15.5. The molecule has 2 aromatic heterocycles. The lowest BCUT2D eigenvalue weighted by Crippen LogP contribution is -2.57. The lowest BCUT2D eigenvalue weighted by atomic mass is 10.1. The molecule has 1 aromatic carbocycles. The van der Waals surface area contributed by atoms with Gasteiger partial charge in [-0.25, -0.2) is 23.4 Å². The van der Waals surface area contributed by atoms with Crippen molar-refractivity contribution < 1.29 is 26.7 Å². The van der Waals surface area contributed by atoms with E-state index in [1.807, 2.05) is 0 Å². The van der Waals surface area contributed by atoms with Crippen LogP contribution in [0.4, 0.5) is 33.6 Å². The molecular formula is C18H13F5N6O2. The molecule has 3 heterocycles. The Balaban J connectivity index is 1.75. The van der Waals surface area contributed by atoms with E-state index < -0.39 is 48.8 Å². The number of anilines is 2. The summed E-state index contributed by atoms with van der Waals surface area (Å²) in [6, 6.07) is 3.76. The highest BCUT2D eigenvalue weighted by atomic mass is 19.4. The summed E-state index contributed by atoms with van der Waals surface area (Å²) in [5, 5.41) is 5.94. The maximum atomic E-state index is 13.4. The molecule has 1 saturated heterocycles. The van der Waals surface area contributed by atoms with Crippen LogP contribution in [0.3, 0.4) is 0 Å². The van der Waals surface area contributed by atoms with Gasteiger partial charge in [-0.1, -0.05) is 0 Å². The molecule has 1 N–H and O–H groups in total. The molecule has 162 valence electrons. The van der Waals surface area contributed by atoms with Gasteiger partial charge < -0.3 is 10.2 Å². The van der Waals surface area contributed by atoms with Crippen molar-refractivity contribution in [1.82, 2.24) is 19.7 Å². The monoisotopic (exact) mass is 440 g/mol. The highest BCUT2D eigenvalue weighted by molar-refractivity contribution is 5.93. The minimum Gasteiger partial charge on any atom is -0.342 e. The summed E-state index contributed by atoms with van der Waals surface area (Å²) < 4.78 is 66.9. The van der Waals surface area contributed by atoms with Gasteiger partial charge in [-0.05, 0) is 24.3 Å². The molecule has 8 nitrogen and oxygen atoms in total. The minimum absolute atomic E-state index is 0.159. The number of hydrogen-bond acceptors (Lipinski definition) is 6. The second-order valence-electron chi connectivity index (χ2n) is 6.90. The Morgan fingerprint density at radius 1 is 1.16 bits per heavy atom. The average Bonchev–Trinajstić information content (AvgIpc) is 2.68. The van der Waals surface area contributed by atoms with E-state index in [1.54, 1.807) is 0 Å². The molecule has 1 aliphatic rings. The fraction of sp³-hybridized carbons (Fsp3) is 0.278. The van der Waals surface area contributed by atoms with Crippen LogP contribution in [-0.2, 0) is 17.5 Å². The molecule has 0 unspecified atom stereocenters. The first kappa shape index (κ1) is 20.6. The van der Waals surface area contributed by atoms with Gasteiger partial charge in [-0.15, -0.1) is 0 Å². The fourth-order valence-electron chi connectivity index (χ4n) is 3.13. The van der Waals surface area contributed by atoms with Gasteiger partial charge >= 0.3 is 6.18 Å². The van der Waals surface area contributed by atoms with Gasteiger partial charge in [0.2, 0.25) is 5.91 Å². The Labute approximate surface area is 170 Å². The molecule has 1 amide bonds. The summed E-state index contributed by atoms with van der Waals surface area (Å²) in [6.45, 7) is -2.13. The molecule has 1 fully saturated rings. The molecule has 1 aliphatic heterocycles. The number of fused-ring (bicyclic) bond motifs is 1. The summed E-state index contributed by atoms with van der Waals surface area (Å²) in [5.74, 6) is -3.80. The highest BCUT2D eigenvalue weighted by Crippen LogP contribution is 2.36. The third-order valence-electron chi connectivity index (χ3n) is 4.55. The largest absolute Gasteiger partial charge is 0.416 e. The lowest BCUT2D eigenvalue weighted by molar-refractivity contribution is -0.137. The number of benzene rings is 1. The number of amides is 1. The molecule has 0 aliphatic carbocycles. The smallest absolute Gasteiger partial charge is 0.342 e. The number of rotatable bonds is 4. The summed E-state index contributed by atoms with van der Waals surface area (Å²) in [7, 11) is 0. The first-order chi connectivity index (χ1) is 14.5. The van der Waals surface area contributed by atoms with Crippen LogP contribution in [0.5, 0.6) is 0 Å². The SMILES string of the molecule is O=C(Cn1nc(N2CC(F)(F)C2)c2cc(C(F)(F)F)ccc2c1=O)Nc1ccncn1. The van der Waals surface area contributed by atoms with Crippen LogP contribution >= 0.6 is 0 Å².